The van der Waals surface area contributed by atoms with Crippen LogP contribution in [0.25, 0.3) is 0 Å². The average molecular weight is 352 g/mol. The van der Waals surface area contributed by atoms with Crippen LogP contribution in [0.15, 0.2) is 48.5 Å². The molecule has 1 saturated carbocycles. The van der Waals surface area contributed by atoms with E-state index in [-0.39, 0.29) is 17.7 Å². The lowest BCUT2D eigenvalue weighted by atomic mass is 9.90. The third-order valence-electron chi connectivity index (χ3n) is 4.81. The molecule has 0 spiro atoms. The second-order valence-electron chi connectivity index (χ2n) is 6.59. The van der Waals surface area contributed by atoms with E-state index in [1.807, 2.05) is 30.3 Å². The third-order valence-corrected chi connectivity index (χ3v) is 4.81. The minimum Gasteiger partial charge on any atom is -0.497 e. The van der Waals surface area contributed by atoms with E-state index in [0.717, 1.165) is 24.2 Å². The van der Waals surface area contributed by atoms with E-state index in [2.05, 4.69) is 10.6 Å². The molecule has 136 valence electrons. The SMILES string of the molecule is CNC(=O)c1ccccc1NC(=O)CC(c1ccc(OC)cc1)C1CC1. The molecule has 1 atom stereocenters. The monoisotopic (exact) mass is 352 g/mol. The first kappa shape index (κ1) is 18.0. The molecule has 1 aliphatic carbocycles. The van der Waals surface area contributed by atoms with Gasteiger partial charge in [-0.25, -0.2) is 0 Å². The molecule has 3 rings (SSSR count). The van der Waals surface area contributed by atoms with Crippen molar-refractivity contribution in [3.8, 4) is 5.75 Å². The fourth-order valence-electron chi connectivity index (χ4n) is 3.23. The van der Waals surface area contributed by atoms with Crippen molar-refractivity contribution in [1.29, 1.82) is 0 Å². The predicted octanol–water partition coefficient (Wildman–Crippen LogP) is 3.58. The zero-order valence-corrected chi connectivity index (χ0v) is 15.1. The van der Waals surface area contributed by atoms with E-state index < -0.39 is 0 Å². The number of rotatable bonds is 7. The summed E-state index contributed by atoms with van der Waals surface area (Å²) in [6.45, 7) is 0. The lowest BCUT2D eigenvalue weighted by Gasteiger charge is -2.18. The zero-order chi connectivity index (χ0) is 18.5. The second kappa shape index (κ2) is 8.04. The summed E-state index contributed by atoms with van der Waals surface area (Å²) >= 11 is 0. The van der Waals surface area contributed by atoms with Crippen molar-refractivity contribution in [2.45, 2.75) is 25.2 Å². The minimum atomic E-state index is -0.213. The van der Waals surface area contributed by atoms with Crippen LogP contribution in [-0.2, 0) is 4.79 Å². The van der Waals surface area contributed by atoms with Gasteiger partial charge in [-0.3, -0.25) is 9.59 Å². The molecule has 2 aromatic carbocycles. The molecule has 0 aromatic heterocycles. The Kier molecular flexibility index (Phi) is 5.56. The lowest BCUT2D eigenvalue weighted by molar-refractivity contribution is -0.116. The number of amides is 2. The van der Waals surface area contributed by atoms with Crippen LogP contribution in [0.2, 0.25) is 0 Å². The van der Waals surface area contributed by atoms with Crippen LogP contribution in [-0.4, -0.2) is 26.0 Å². The number of nitrogens with one attached hydrogen (secondary N) is 2. The molecule has 2 aromatic rings. The molecule has 0 bridgehead atoms. The van der Waals surface area contributed by atoms with E-state index in [4.69, 9.17) is 4.74 Å². The highest BCUT2D eigenvalue weighted by molar-refractivity contribution is 6.03. The average Bonchev–Trinajstić information content (AvgIpc) is 3.51. The van der Waals surface area contributed by atoms with Crippen LogP contribution >= 0.6 is 0 Å². The Hall–Kier alpha value is -2.82. The van der Waals surface area contributed by atoms with Crippen molar-refractivity contribution in [2.75, 3.05) is 19.5 Å². The second-order valence-corrected chi connectivity index (χ2v) is 6.59. The van der Waals surface area contributed by atoms with Gasteiger partial charge in [0.2, 0.25) is 5.91 Å². The van der Waals surface area contributed by atoms with Gasteiger partial charge in [0.05, 0.1) is 18.4 Å². The molecule has 1 aliphatic rings. The molecular formula is C21H24N2O3. The molecule has 1 fully saturated rings. The first-order valence-corrected chi connectivity index (χ1v) is 8.87. The summed E-state index contributed by atoms with van der Waals surface area (Å²) in [5.74, 6) is 1.26. The van der Waals surface area contributed by atoms with Gasteiger partial charge in [-0.2, -0.15) is 0 Å². The van der Waals surface area contributed by atoms with Crippen LogP contribution in [0.5, 0.6) is 5.75 Å². The van der Waals surface area contributed by atoms with Gasteiger partial charge in [-0.05, 0) is 54.5 Å². The molecule has 0 aliphatic heterocycles. The Morgan fingerprint density at radius 2 is 1.81 bits per heavy atom. The summed E-state index contributed by atoms with van der Waals surface area (Å²) in [4.78, 5) is 24.6. The van der Waals surface area contributed by atoms with Gasteiger partial charge in [-0.1, -0.05) is 24.3 Å². The van der Waals surface area contributed by atoms with Gasteiger partial charge in [0.1, 0.15) is 5.75 Å². The van der Waals surface area contributed by atoms with Gasteiger partial charge in [0.15, 0.2) is 0 Å². The van der Waals surface area contributed by atoms with Crippen LogP contribution in [0.3, 0.4) is 0 Å². The largest absolute Gasteiger partial charge is 0.497 e. The Morgan fingerprint density at radius 1 is 1.12 bits per heavy atom. The van der Waals surface area contributed by atoms with Gasteiger partial charge in [0.25, 0.3) is 5.91 Å². The van der Waals surface area contributed by atoms with Gasteiger partial charge in [-0.15, -0.1) is 0 Å². The van der Waals surface area contributed by atoms with Crippen molar-refractivity contribution in [2.24, 2.45) is 5.92 Å². The molecule has 26 heavy (non-hydrogen) atoms. The summed E-state index contributed by atoms with van der Waals surface area (Å²) in [7, 11) is 3.22. The fraction of sp³-hybridized carbons (Fsp3) is 0.333. The maximum Gasteiger partial charge on any atom is 0.253 e. The maximum atomic E-state index is 12.6. The molecule has 5 nitrogen and oxygen atoms in total. The van der Waals surface area contributed by atoms with Crippen LogP contribution < -0.4 is 15.4 Å². The zero-order valence-electron chi connectivity index (χ0n) is 15.1. The summed E-state index contributed by atoms with van der Waals surface area (Å²) in [5, 5.41) is 5.51. The molecule has 5 heteroatoms. The molecule has 2 N–H and O–H groups in total. The number of carbonyl (C=O) groups excluding carboxylic acids is 2. The van der Waals surface area contributed by atoms with Gasteiger partial charge >= 0.3 is 0 Å². The smallest absolute Gasteiger partial charge is 0.253 e. The van der Waals surface area contributed by atoms with Gasteiger partial charge in [0, 0.05) is 13.5 Å². The van der Waals surface area contributed by atoms with Crippen molar-refractivity contribution < 1.29 is 14.3 Å². The lowest BCUT2D eigenvalue weighted by Crippen LogP contribution is -2.22. The third kappa shape index (κ3) is 4.23. The van der Waals surface area contributed by atoms with Gasteiger partial charge < -0.3 is 15.4 Å². The number of para-hydroxylation sites is 1. The first-order valence-electron chi connectivity index (χ1n) is 8.87. The van der Waals surface area contributed by atoms with Crippen LogP contribution in [0.1, 0.15) is 41.1 Å². The highest BCUT2D eigenvalue weighted by Gasteiger charge is 2.33. The van der Waals surface area contributed by atoms with E-state index >= 15 is 0 Å². The van der Waals surface area contributed by atoms with Crippen LogP contribution in [0, 0.1) is 5.92 Å². The summed E-state index contributed by atoms with van der Waals surface area (Å²) < 4.78 is 5.21. The number of anilines is 1. The highest BCUT2D eigenvalue weighted by atomic mass is 16.5. The molecule has 0 radical (unpaired) electrons. The number of hydrogen-bond donors (Lipinski definition) is 2. The number of ether oxygens (including phenoxy) is 1. The predicted molar refractivity (Wildman–Crippen MR) is 102 cm³/mol. The molecular weight excluding hydrogens is 328 g/mol. The Labute approximate surface area is 153 Å². The Bertz CT molecular complexity index is 782. The van der Waals surface area contributed by atoms with Crippen molar-refractivity contribution in [3.63, 3.8) is 0 Å². The standard InChI is InChI=1S/C21H24N2O3/c1-22-21(25)17-5-3-4-6-19(17)23-20(24)13-18(14-7-8-14)15-9-11-16(26-2)12-10-15/h3-6,9-12,14,18H,7-8,13H2,1-2H3,(H,22,25)(H,23,24). The number of benzene rings is 2. The quantitative estimate of drug-likeness (QED) is 0.800. The van der Waals surface area contributed by atoms with E-state index in [1.165, 1.54) is 0 Å². The first-order chi connectivity index (χ1) is 12.6. The minimum absolute atomic E-state index is 0.0749. The van der Waals surface area contributed by atoms with Crippen molar-refractivity contribution >= 4 is 17.5 Å². The molecule has 0 heterocycles. The molecule has 1 unspecified atom stereocenters. The molecule has 0 saturated heterocycles. The van der Waals surface area contributed by atoms with E-state index in [9.17, 15) is 9.59 Å². The number of carbonyl (C=O) groups is 2. The molecule has 2 amide bonds. The fourth-order valence-corrected chi connectivity index (χ4v) is 3.23. The van der Waals surface area contributed by atoms with E-state index in [0.29, 0.717) is 23.6 Å². The maximum absolute atomic E-state index is 12.6. The summed E-state index contributed by atoms with van der Waals surface area (Å²) in [6.07, 6.45) is 2.71. The van der Waals surface area contributed by atoms with Crippen molar-refractivity contribution in [1.82, 2.24) is 5.32 Å². The summed E-state index contributed by atoms with van der Waals surface area (Å²) in [5.41, 5.74) is 2.17. The topological polar surface area (TPSA) is 67.4 Å². The Morgan fingerprint density at radius 3 is 2.42 bits per heavy atom. The Balaban J connectivity index is 1.72. The van der Waals surface area contributed by atoms with Crippen molar-refractivity contribution in [3.05, 3.63) is 59.7 Å². The normalized spacial score (nSPS) is 14.4. The number of methoxy groups -OCH3 is 1. The summed E-state index contributed by atoms with van der Waals surface area (Å²) in [6, 6.07) is 15.0. The highest BCUT2D eigenvalue weighted by Crippen LogP contribution is 2.44. The van der Waals surface area contributed by atoms with Crippen LogP contribution in [0.4, 0.5) is 5.69 Å². The number of hydrogen-bond acceptors (Lipinski definition) is 3. The van der Waals surface area contributed by atoms with E-state index in [1.54, 1.807) is 32.4 Å².